The molecule has 0 spiro atoms. The molecule has 0 bridgehead atoms. The highest BCUT2D eigenvalue weighted by atomic mass is 16.5. The van der Waals surface area contributed by atoms with Crippen LogP contribution < -0.4 is 0 Å². The lowest BCUT2D eigenvalue weighted by molar-refractivity contribution is -0.146. The molecule has 0 unspecified atom stereocenters. The summed E-state index contributed by atoms with van der Waals surface area (Å²) in [6, 6.07) is 11.3. The smallest absolute Gasteiger partial charge is 0.357 e. The van der Waals surface area contributed by atoms with E-state index in [1.54, 1.807) is 15.6 Å². The van der Waals surface area contributed by atoms with E-state index in [1.165, 1.54) is 0 Å². The lowest BCUT2D eigenvalue weighted by Crippen LogP contribution is -2.49. The minimum Gasteiger partial charge on any atom is -0.451 e. The number of aromatic nitrogens is 2. The van der Waals surface area contributed by atoms with Gasteiger partial charge >= 0.3 is 5.97 Å². The molecule has 1 aromatic carbocycles. The number of esters is 1. The minimum absolute atomic E-state index is 0.0241. The number of hydrogen-bond acceptors (Lipinski definition) is 5. The molecule has 2 fully saturated rings. The highest BCUT2D eigenvalue weighted by molar-refractivity contribution is 5.90. The summed E-state index contributed by atoms with van der Waals surface area (Å²) in [5.41, 5.74) is 2.05. The van der Waals surface area contributed by atoms with E-state index in [-0.39, 0.29) is 24.7 Å². The zero-order valence-corrected chi connectivity index (χ0v) is 16.2. The first-order chi connectivity index (χ1) is 13.5. The van der Waals surface area contributed by atoms with Crippen LogP contribution in [0.25, 0.3) is 5.69 Å². The van der Waals surface area contributed by atoms with Crippen LogP contribution in [0.15, 0.2) is 36.4 Å². The third kappa shape index (κ3) is 4.09. The van der Waals surface area contributed by atoms with Crippen LogP contribution in [0.3, 0.4) is 0 Å². The van der Waals surface area contributed by atoms with Gasteiger partial charge in [0.15, 0.2) is 12.3 Å². The van der Waals surface area contributed by atoms with Gasteiger partial charge in [0.1, 0.15) is 0 Å². The second kappa shape index (κ2) is 7.75. The van der Waals surface area contributed by atoms with Crippen LogP contribution in [0.1, 0.15) is 48.8 Å². The van der Waals surface area contributed by atoms with E-state index in [0.717, 1.165) is 24.2 Å². The lowest BCUT2D eigenvalue weighted by Gasteiger charge is -2.35. The van der Waals surface area contributed by atoms with Gasteiger partial charge in [0.2, 0.25) is 0 Å². The van der Waals surface area contributed by atoms with Gasteiger partial charge in [-0.25, -0.2) is 9.48 Å². The number of para-hydroxylation sites is 1. The SMILES string of the molecule is C[C@@H]1CN(C(=O)COC(=O)c2cc(C3CC3)nn2-c2ccccc2)C[C@@H](C)O1. The molecule has 1 aliphatic heterocycles. The number of hydrogen-bond donors (Lipinski definition) is 0. The van der Waals surface area contributed by atoms with E-state index < -0.39 is 5.97 Å². The Labute approximate surface area is 164 Å². The summed E-state index contributed by atoms with van der Waals surface area (Å²) < 4.78 is 12.6. The summed E-state index contributed by atoms with van der Waals surface area (Å²) in [7, 11) is 0. The van der Waals surface area contributed by atoms with Gasteiger partial charge in [-0.15, -0.1) is 0 Å². The Kier molecular flexibility index (Phi) is 5.17. The van der Waals surface area contributed by atoms with Crippen molar-refractivity contribution in [2.24, 2.45) is 0 Å². The van der Waals surface area contributed by atoms with Crippen molar-refractivity contribution in [2.45, 2.75) is 44.8 Å². The quantitative estimate of drug-likeness (QED) is 0.742. The number of benzene rings is 1. The fourth-order valence-corrected chi connectivity index (χ4v) is 3.56. The molecule has 1 aliphatic carbocycles. The second-order valence-corrected chi connectivity index (χ2v) is 7.61. The molecule has 1 saturated heterocycles. The van der Waals surface area contributed by atoms with E-state index in [4.69, 9.17) is 9.47 Å². The standard InChI is InChI=1S/C21H25N3O4/c1-14-11-23(12-15(2)28-14)20(25)13-27-21(26)19-10-18(16-8-9-16)22-24(19)17-6-4-3-5-7-17/h3-7,10,14-16H,8-9,11-13H2,1-2H3/t14-,15-/m1/s1. The predicted octanol–water partition coefficient (Wildman–Crippen LogP) is 2.54. The third-order valence-corrected chi connectivity index (χ3v) is 5.03. The zero-order chi connectivity index (χ0) is 19.7. The summed E-state index contributed by atoms with van der Waals surface area (Å²) in [6.45, 7) is 4.60. The summed E-state index contributed by atoms with van der Waals surface area (Å²) in [5, 5.41) is 4.60. The number of carbonyl (C=O) groups is 2. The van der Waals surface area contributed by atoms with Gasteiger partial charge in [0.25, 0.3) is 5.91 Å². The number of ether oxygens (including phenoxy) is 2. The number of morpholine rings is 1. The maximum atomic E-state index is 12.7. The Bertz CT molecular complexity index is 850. The van der Waals surface area contributed by atoms with Crippen LogP contribution in [0.5, 0.6) is 0 Å². The number of rotatable bonds is 5. The summed E-state index contributed by atoms with van der Waals surface area (Å²) in [4.78, 5) is 26.9. The first kappa shape index (κ1) is 18.7. The van der Waals surface area contributed by atoms with Crippen molar-refractivity contribution in [3.05, 3.63) is 47.8 Å². The highest BCUT2D eigenvalue weighted by Crippen LogP contribution is 2.39. The Balaban J connectivity index is 1.46. The molecule has 7 nitrogen and oxygen atoms in total. The molecule has 2 aliphatic rings. The van der Waals surface area contributed by atoms with E-state index in [2.05, 4.69) is 5.10 Å². The van der Waals surface area contributed by atoms with Gasteiger partial charge in [-0.2, -0.15) is 5.10 Å². The Hall–Kier alpha value is -2.67. The first-order valence-corrected chi connectivity index (χ1v) is 9.77. The number of nitrogens with zero attached hydrogens (tertiary/aromatic N) is 3. The van der Waals surface area contributed by atoms with Crippen molar-refractivity contribution in [3.8, 4) is 5.69 Å². The molecule has 2 atom stereocenters. The molecule has 148 valence electrons. The van der Waals surface area contributed by atoms with Crippen molar-refractivity contribution in [3.63, 3.8) is 0 Å². The van der Waals surface area contributed by atoms with Gasteiger partial charge in [-0.05, 0) is 44.9 Å². The largest absolute Gasteiger partial charge is 0.451 e. The van der Waals surface area contributed by atoms with Gasteiger partial charge < -0.3 is 14.4 Å². The Morgan fingerprint density at radius 2 is 1.82 bits per heavy atom. The molecule has 0 radical (unpaired) electrons. The van der Waals surface area contributed by atoms with Crippen LogP contribution >= 0.6 is 0 Å². The highest BCUT2D eigenvalue weighted by Gasteiger charge is 2.30. The van der Waals surface area contributed by atoms with E-state index in [9.17, 15) is 9.59 Å². The predicted molar refractivity (Wildman–Crippen MR) is 102 cm³/mol. The van der Waals surface area contributed by atoms with Crippen molar-refractivity contribution in [1.82, 2.24) is 14.7 Å². The fraction of sp³-hybridized carbons (Fsp3) is 0.476. The lowest BCUT2D eigenvalue weighted by atomic mass is 10.2. The maximum Gasteiger partial charge on any atom is 0.357 e. The molecule has 1 saturated carbocycles. The van der Waals surface area contributed by atoms with Gasteiger partial charge in [-0.3, -0.25) is 4.79 Å². The van der Waals surface area contributed by atoms with Crippen LogP contribution in [-0.4, -0.2) is 58.5 Å². The molecule has 0 N–H and O–H groups in total. The second-order valence-electron chi connectivity index (χ2n) is 7.61. The van der Waals surface area contributed by atoms with Gasteiger partial charge in [-0.1, -0.05) is 18.2 Å². The fourth-order valence-electron chi connectivity index (χ4n) is 3.56. The van der Waals surface area contributed by atoms with Crippen LogP contribution in [-0.2, 0) is 14.3 Å². The number of carbonyl (C=O) groups excluding carboxylic acids is 2. The van der Waals surface area contributed by atoms with E-state index >= 15 is 0 Å². The molecule has 2 aromatic rings. The topological polar surface area (TPSA) is 73.7 Å². The Morgan fingerprint density at radius 3 is 2.46 bits per heavy atom. The van der Waals surface area contributed by atoms with Crippen LogP contribution in [0, 0.1) is 0 Å². The molecular formula is C21H25N3O4. The monoisotopic (exact) mass is 383 g/mol. The van der Waals surface area contributed by atoms with Crippen molar-refractivity contribution >= 4 is 11.9 Å². The van der Waals surface area contributed by atoms with E-state index in [0.29, 0.717) is 24.7 Å². The summed E-state index contributed by atoms with van der Waals surface area (Å²) in [6.07, 6.45) is 2.13. The molecular weight excluding hydrogens is 358 g/mol. The van der Waals surface area contributed by atoms with Gasteiger partial charge in [0, 0.05) is 19.0 Å². The van der Waals surface area contributed by atoms with Crippen LogP contribution in [0.4, 0.5) is 0 Å². The molecule has 4 rings (SSSR count). The van der Waals surface area contributed by atoms with E-state index in [1.807, 2.05) is 44.2 Å². The average molecular weight is 383 g/mol. The number of amides is 1. The molecule has 7 heteroatoms. The minimum atomic E-state index is -0.536. The van der Waals surface area contributed by atoms with Crippen molar-refractivity contribution in [1.29, 1.82) is 0 Å². The molecule has 28 heavy (non-hydrogen) atoms. The van der Waals surface area contributed by atoms with Crippen LogP contribution in [0.2, 0.25) is 0 Å². The molecule has 1 amide bonds. The maximum absolute atomic E-state index is 12.7. The third-order valence-electron chi connectivity index (χ3n) is 5.03. The average Bonchev–Trinajstić information content (AvgIpc) is 3.44. The normalized spacial score (nSPS) is 22.1. The van der Waals surface area contributed by atoms with Gasteiger partial charge in [0.05, 0.1) is 23.6 Å². The Morgan fingerprint density at radius 1 is 1.14 bits per heavy atom. The van der Waals surface area contributed by atoms with Crippen molar-refractivity contribution in [2.75, 3.05) is 19.7 Å². The summed E-state index contributed by atoms with van der Waals surface area (Å²) >= 11 is 0. The van der Waals surface area contributed by atoms with Crippen molar-refractivity contribution < 1.29 is 19.1 Å². The zero-order valence-electron chi connectivity index (χ0n) is 16.2. The first-order valence-electron chi connectivity index (χ1n) is 9.77. The molecule has 1 aromatic heterocycles. The summed E-state index contributed by atoms with van der Waals surface area (Å²) in [5.74, 6) is -0.330. The molecule has 2 heterocycles.